The minimum absolute atomic E-state index is 0.0567. The van der Waals surface area contributed by atoms with Crippen LogP contribution in [0.1, 0.15) is 67.4 Å². The molecule has 1 N–H and O–H groups in total. The highest BCUT2D eigenvalue weighted by Gasteiger charge is 2.34. The van der Waals surface area contributed by atoms with E-state index in [9.17, 15) is 9.90 Å². The van der Waals surface area contributed by atoms with Crippen molar-refractivity contribution in [1.82, 2.24) is 19.5 Å². The van der Waals surface area contributed by atoms with E-state index < -0.39 is 0 Å². The fraction of sp³-hybridized carbons (Fsp3) is 0.522. The van der Waals surface area contributed by atoms with Crippen LogP contribution >= 0.6 is 11.3 Å². The Balaban J connectivity index is 1.67. The van der Waals surface area contributed by atoms with E-state index >= 15 is 0 Å². The van der Waals surface area contributed by atoms with E-state index in [4.69, 9.17) is 4.74 Å². The topological polar surface area (TPSA) is 80.0 Å². The maximum absolute atomic E-state index is 12.2. The number of carbonyl (C=O) groups excluding carboxylic acids is 1. The Morgan fingerprint density at radius 2 is 1.87 bits per heavy atom. The van der Waals surface area contributed by atoms with Crippen LogP contribution in [-0.4, -0.2) is 50.3 Å². The molecule has 0 spiro atoms. The number of hydrogen-bond donors (Lipinski definition) is 1. The van der Waals surface area contributed by atoms with E-state index in [1.807, 2.05) is 13.8 Å². The van der Waals surface area contributed by atoms with Crippen LogP contribution < -0.4 is 0 Å². The molecule has 8 heteroatoms. The Bertz CT molecular complexity index is 1050. The first-order valence-electron chi connectivity index (χ1n) is 10.9. The molecule has 1 fully saturated rings. The van der Waals surface area contributed by atoms with Crippen LogP contribution in [0.5, 0.6) is 5.88 Å². The third kappa shape index (κ3) is 4.32. The maximum Gasteiger partial charge on any atom is 0.309 e. The molecule has 7 nitrogen and oxygen atoms in total. The molecule has 3 heterocycles. The smallest absolute Gasteiger partial charge is 0.309 e. The van der Waals surface area contributed by atoms with E-state index in [1.54, 1.807) is 0 Å². The maximum atomic E-state index is 12.2. The Hall–Kier alpha value is -2.45. The molecule has 1 saturated heterocycles. The Kier molecular flexibility index (Phi) is 6.29. The zero-order valence-electron chi connectivity index (χ0n) is 18.5. The van der Waals surface area contributed by atoms with E-state index in [-0.39, 0.29) is 23.8 Å². The van der Waals surface area contributed by atoms with Gasteiger partial charge < -0.3 is 9.84 Å². The van der Waals surface area contributed by atoms with Crippen molar-refractivity contribution in [2.24, 2.45) is 5.92 Å². The van der Waals surface area contributed by atoms with Gasteiger partial charge in [0.05, 0.1) is 23.4 Å². The zero-order valence-corrected chi connectivity index (χ0v) is 19.4. The number of thiazole rings is 1. The minimum Gasteiger partial charge on any atom is -0.492 e. The quantitative estimate of drug-likeness (QED) is 0.574. The zero-order chi connectivity index (χ0) is 22.1. The number of aromatic hydroxyl groups is 1. The van der Waals surface area contributed by atoms with E-state index in [0.717, 1.165) is 36.4 Å². The highest BCUT2D eigenvalue weighted by Crippen LogP contribution is 2.41. The molecule has 0 saturated carbocycles. The molecule has 1 aliphatic rings. The summed E-state index contributed by atoms with van der Waals surface area (Å²) in [5, 5.41) is 15.3. The van der Waals surface area contributed by atoms with Gasteiger partial charge in [0.2, 0.25) is 10.8 Å². The monoisotopic (exact) mass is 442 g/mol. The molecule has 0 radical (unpaired) electrons. The summed E-state index contributed by atoms with van der Waals surface area (Å²) in [5.74, 6) is 1.08. The summed E-state index contributed by atoms with van der Waals surface area (Å²) in [6.45, 7) is 9.95. The summed E-state index contributed by atoms with van der Waals surface area (Å²) < 4.78 is 6.75. The number of piperidine rings is 1. The molecule has 4 rings (SSSR count). The third-order valence-corrected chi connectivity index (χ3v) is 7.06. The molecule has 0 amide bonds. The van der Waals surface area contributed by atoms with Gasteiger partial charge in [0.25, 0.3) is 0 Å². The molecule has 3 aromatic rings. The van der Waals surface area contributed by atoms with Gasteiger partial charge in [0.15, 0.2) is 0 Å². The Labute approximate surface area is 186 Å². The lowest BCUT2D eigenvalue weighted by molar-refractivity contribution is -0.149. The van der Waals surface area contributed by atoms with E-state index in [2.05, 4.69) is 53.1 Å². The number of fused-ring (bicyclic) bond motifs is 1. The standard InChI is InChI=1S/C23H30N4O3S/c1-5-30-22(29)18-10-12-26(13-11-18)19(17-8-6-16(7-9-17)14(2)3)20-21(28)27-23(31-20)24-15(4)25-27/h6-9,14,18-19,28H,5,10-13H2,1-4H3. The number of rotatable bonds is 6. The Morgan fingerprint density at radius 1 is 1.23 bits per heavy atom. The number of likely N-dealkylation sites (tertiary alicyclic amines) is 1. The number of aryl methyl sites for hydroxylation is 1. The van der Waals surface area contributed by atoms with Gasteiger partial charge in [-0.15, -0.1) is 5.10 Å². The SMILES string of the molecule is CCOC(=O)C1CCN(C(c2ccc(C(C)C)cc2)c2sc3nc(C)nn3c2O)CC1. The number of aromatic nitrogens is 3. The largest absolute Gasteiger partial charge is 0.492 e. The molecule has 1 aromatic carbocycles. The highest BCUT2D eigenvalue weighted by atomic mass is 32.1. The number of carbonyl (C=O) groups is 1. The fourth-order valence-corrected chi connectivity index (χ4v) is 5.43. The van der Waals surface area contributed by atoms with Crippen molar-refractivity contribution in [3.05, 3.63) is 46.1 Å². The molecule has 1 aliphatic heterocycles. The van der Waals surface area contributed by atoms with Crippen molar-refractivity contribution in [2.75, 3.05) is 19.7 Å². The van der Waals surface area contributed by atoms with Gasteiger partial charge in [-0.1, -0.05) is 49.4 Å². The van der Waals surface area contributed by atoms with Gasteiger partial charge in [-0.2, -0.15) is 4.52 Å². The van der Waals surface area contributed by atoms with Gasteiger partial charge in [-0.25, -0.2) is 4.98 Å². The predicted molar refractivity (Wildman–Crippen MR) is 121 cm³/mol. The normalized spacial score (nSPS) is 16.8. The first-order chi connectivity index (χ1) is 14.9. The second-order valence-electron chi connectivity index (χ2n) is 8.43. The second kappa shape index (κ2) is 8.96. The second-order valence-corrected chi connectivity index (χ2v) is 9.44. The van der Waals surface area contributed by atoms with E-state index in [0.29, 0.717) is 23.3 Å². The molecular weight excluding hydrogens is 412 g/mol. The van der Waals surface area contributed by atoms with Crippen molar-refractivity contribution < 1.29 is 14.6 Å². The predicted octanol–water partition coefficient (Wildman–Crippen LogP) is 4.29. The molecule has 166 valence electrons. The molecule has 0 bridgehead atoms. The summed E-state index contributed by atoms with van der Waals surface area (Å²) in [4.78, 5) is 20.5. The van der Waals surface area contributed by atoms with Crippen molar-refractivity contribution in [3.8, 4) is 5.88 Å². The van der Waals surface area contributed by atoms with Crippen LogP contribution in [0.15, 0.2) is 24.3 Å². The lowest BCUT2D eigenvalue weighted by Gasteiger charge is -2.36. The summed E-state index contributed by atoms with van der Waals surface area (Å²) in [6.07, 6.45) is 1.50. The average molecular weight is 443 g/mol. The van der Waals surface area contributed by atoms with Gasteiger partial charge >= 0.3 is 5.97 Å². The van der Waals surface area contributed by atoms with Crippen LogP contribution in [0.4, 0.5) is 0 Å². The van der Waals surface area contributed by atoms with E-state index in [1.165, 1.54) is 21.4 Å². The van der Waals surface area contributed by atoms with Crippen LogP contribution in [0.3, 0.4) is 0 Å². The fourth-order valence-electron chi connectivity index (χ4n) is 4.27. The van der Waals surface area contributed by atoms with Crippen LogP contribution in [0, 0.1) is 12.8 Å². The lowest BCUT2D eigenvalue weighted by Crippen LogP contribution is -2.39. The van der Waals surface area contributed by atoms with Crippen molar-refractivity contribution in [1.29, 1.82) is 0 Å². The molecular formula is C23H30N4O3S. The van der Waals surface area contributed by atoms with Crippen LogP contribution in [-0.2, 0) is 9.53 Å². The molecule has 0 aliphatic carbocycles. The van der Waals surface area contributed by atoms with Crippen molar-refractivity contribution >= 4 is 22.3 Å². The van der Waals surface area contributed by atoms with Crippen molar-refractivity contribution in [2.45, 2.75) is 52.5 Å². The minimum atomic E-state index is -0.113. The van der Waals surface area contributed by atoms with Crippen molar-refractivity contribution in [3.63, 3.8) is 0 Å². The van der Waals surface area contributed by atoms with Gasteiger partial charge in [0.1, 0.15) is 5.82 Å². The summed E-state index contributed by atoms with van der Waals surface area (Å²) >= 11 is 1.47. The number of esters is 1. The molecule has 2 aromatic heterocycles. The van der Waals surface area contributed by atoms with Gasteiger partial charge in [0, 0.05) is 0 Å². The van der Waals surface area contributed by atoms with Gasteiger partial charge in [-0.05, 0) is 56.8 Å². The third-order valence-electron chi connectivity index (χ3n) is 5.99. The molecule has 31 heavy (non-hydrogen) atoms. The summed E-state index contributed by atoms with van der Waals surface area (Å²) in [7, 11) is 0. The summed E-state index contributed by atoms with van der Waals surface area (Å²) in [5.41, 5.74) is 2.40. The average Bonchev–Trinajstić information content (AvgIpc) is 3.26. The van der Waals surface area contributed by atoms with Crippen LogP contribution in [0.25, 0.3) is 4.96 Å². The summed E-state index contributed by atoms with van der Waals surface area (Å²) in [6, 6.07) is 8.52. The number of benzene rings is 1. The first-order valence-corrected chi connectivity index (χ1v) is 11.8. The number of hydrogen-bond acceptors (Lipinski definition) is 7. The number of nitrogens with zero attached hydrogens (tertiary/aromatic N) is 4. The van der Waals surface area contributed by atoms with Gasteiger partial charge in [-0.3, -0.25) is 9.69 Å². The lowest BCUT2D eigenvalue weighted by atomic mass is 9.93. The first kappa shape index (κ1) is 21.8. The Morgan fingerprint density at radius 3 is 2.45 bits per heavy atom. The molecule has 1 unspecified atom stereocenters. The molecule has 1 atom stereocenters. The number of ether oxygens (including phenoxy) is 1. The van der Waals surface area contributed by atoms with Crippen LogP contribution in [0.2, 0.25) is 0 Å². The highest BCUT2D eigenvalue weighted by molar-refractivity contribution is 7.17.